The number of rotatable bonds is 2. The summed E-state index contributed by atoms with van der Waals surface area (Å²) in [5.41, 5.74) is 2.29. The second-order valence-electron chi connectivity index (χ2n) is 9.00. The van der Waals surface area contributed by atoms with E-state index < -0.39 is 0 Å². The molecule has 0 unspecified atom stereocenters. The van der Waals surface area contributed by atoms with Gasteiger partial charge < -0.3 is 14.2 Å². The zero-order valence-corrected chi connectivity index (χ0v) is 18.5. The molecule has 4 heterocycles. The van der Waals surface area contributed by atoms with E-state index in [1.165, 1.54) is 5.01 Å². The number of thiophene rings is 1. The van der Waals surface area contributed by atoms with Gasteiger partial charge in [0.25, 0.3) is 5.91 Å². The van der Waals surface area contributed by atoms with Crippen molar-refractivity contribution in [2.24, 2.45) is 10.5 Å². The summed E-state index contributed by atoms with van der Waals surface area (Å²) in [5.74, 6) is -0.325. The first-order chi connectivity index (χ1) is 13.6. The van der Waals surface area contributed by atoms with E-state index in [1.807, 2.05) is 35.9 Å². The fourth-order valence-corrected chi connectivity index (χ4v) is 4.76. The van der Waals surface area contributed by atoms with E-state index in [2.05, 4.69) is 25.9 Å². The SMILES string of the molecule is C[C@@H]1CN(C(=O)CN2N=C(C(C)(C)C)Cn3c(cc4sccc43)C2=O)C[C@@H](C)O1. The molecule has 0 saturated carbocycles. The van der Waals surface area contributed by atoms with Crippen LogP contribution in [0.5, 0.6) is 0 Å². The van der Waals surface area contributed by atoms with Gasteiger partial charge in [-0.25, -0.2) is 5.01 Å². The van der Waals surface area contributed by atoms with Crippen LogP contribution in [0.3, 0.4) is 0 Å². The molecule has 0 bridgehead atoms. The molecule has 2 aliphatic heterocycles. The molecule has 0 spiro atoms. The van der Waals surface area contributed by atoms with Crippen molar-refractivity contribution in [3.63, 3.8) is 0 Å². The largest absolute Gasteiger partial charge is 0.372 e. The first-order valence-corrected chi connectivity index (χ1v) is 10.9. The Morgan fingerprint density at radius 2 is 1.97 bits per heavy atom. The van der Waals surface area contributed by atoms with Crippen LogP contribution in [0, 0.1) is 5.41 Å². The third-order valence-electron chi connectivity index (χ3n) is 5.45. The van der Waals surface area contributed by atoms with Crippen LogP contribution < -0.4 is 0 Å². The number of ether oxygens (including phenoxy) is 1. The highest BCUT2D eigenvalue weighted by Gasteiger charge is 2.33. The van der Waals surface area contributed by atoms with E-state index in [-0.39, 0.29) is 36.0 Å². The number of carbonyl (C=O) groups is 2. The van der Waals surface area contributed by atoms with Crippen LogP contribution in [0.2, 0.25) is 0 Å². The average Bonchev–Trinajstić information content (AvgIpc) is 3.16. The zero-order valence-electron chi connectivity index (χ0n) is 17.6. The Hall–Kier alpha value is -2.19. The Morgan fingerprint density at radius 3 is 2.62 bits per heavy atom. The van der Waals surface area contributed by atoms with Gasteiger partial charge in [-0.2, -0.15) is 5.10 Å². The van der Waals surface area contributed by atoms with Crippen LogP contribution >= 0.6 is 11.3 Å². The smallest absolute Gasteiger partial charge is 0.291 e. The molecular formula is C21H28N4O3S. The van der Waals surface area contributed by atoms with Crippen molar-refractivity contribution < 1.29 is 14.3 Å². The summed E-state index contributed by atoms with van der Waals surface area (Å²) < 4.78 is 8.83. The highest BCUT2D eigenvalue weighted by molar-refractivity contribution is 7.17. The number of morpholine rings is 1. The van der Waals surface area contributed by atoms with Crippen molar-refractivity contribution in [2.75, 3.05) is 19.6 Å². The van der Waals surface area contributed by atoms with Crippen LogP contribution in [0.1, 0.15) is 45.1 Å². The number of hydrazone groups is 1. The van der Waals surface area contributed by atoms with Gasteiger partial charge in [0.15, 0.2) is 0 Å². The molecule has 7 nitrogen and oxygen atoms in total. The number of carbonyl (C=O) groups excluding carboxylic acids is 2. The van der Waals surface area contributed by atoms with Gasteiger partial charge in [0, 0.05) is 18.5 Å². The van der Waals surface area contributed by atoms with Gasteiger partial charge in [-0.15, -0.1) is 11.3 Å². The Balaban J connectivity index is 1.67. The third-order valence-corrected chi connectivity index (χ3v) is 6.30. The number of aromatic nitrogens is 1. The predicted molar refractivity (Wildman–Crippen MR) is 114 cm³/mol. The highest BCUT2D eigenvalue weighted by atomic mass is 32.1. The van der Waals surface area contributed by atoms with Gasteiger partial charge in [-0.3, -0.25) is 9.59 Å². The fourth-order valence-electron chi connectivity index (χ4n) is 3.93. The lowest BCUT2D eigenvalue weighted by Crippen LogP contribution is -2.51. The summed E-state index contributed by atoms with van der Waals surface area (Å²) in [6, 6.07) is 3.95. The second-order valence-corrected chi connectivity index (χ2v) is 9.95. The van der Waals surface area contributed by atoms with Gasteiger partial charge in [0.2, 0.25) is 5.91 Å². The molecule has 29 heavy (non-hydrogen) atoms. The van der Waals surface area contributed by atoms with Crippen molar-refractivity contribution in [3.05, 3.63) is 23.2 Å². The highest BCUT2D eigenvalue weighted by Crippen LogP contribution is 2.30. The van der Waals surface area contributed by atoms with E-state index in [1.54, 1.807) is 16.2 Å². The molecule has 1 fully saturated rings. The molecule has 156 valence electrons. The van der Waals surface area contributed by atoms with Gasteiger partial charge in [0.05, 0.1) is 34.7 Å². The van der Waals surface area contributed by atoms with Crippen molar-refractivity contribution >= 4 is 39.1 Å². The van der Waals surface area contributed by atoms with Crippen molar-refractivity contribution in [2.45, 2.75) is 53.4 Å². The van der Waals surface area contributed by atoms with E-state index in [9.17, 15) is 9.59 Å². The molecule has 2 aliphatic rings. The first-order valence-electron chi connectivity index (χ1n) is 10.0. The molecule has 0 aliphatic carbocycles. The normalized spacial score (nSPS) is 23.2. The molecule has 4 rings (SSSR count). The van der Waals surface area contributed by atoms with Gasteiger partial charge in [-0.1, -0.05) is 20.8 Å². The quantitative estimate of drug-likeness (QED) is 0.755. The maximum atomic E-state index is 13.3. The Kier molecular flexibility index (Phi) is 5.02. The Bertz CT molecular complexity index is 974. The zero-order chi connectivity index (χ0) is 20.9. The summed E-state index contributed by atoms with van der Waals surface area (Å²) in [7, 11) is 0. The van der Waals surface area contributed by atoms with Crippen molar-refractivity contribution in [1.29, 1.82) is 0 Å². The van der Waals surface area contributed by atoms with Gasteiger partial charge >= 0.3 is 0 Å². The maximum absolute atomic E-state index is 13.3. The lowest BCUT2D eigenvalue weighted by Gasteiger charge is -2.36. The molecule has 2 aromatic rings. The minimum atomic E-state index is -0.227. The molecule has 0 N–H and O–H groups in total. The molecule has 0 aromatic carbocycles. The van der Waals surface area contributed by atoms with E-state index >= 15 is 0 Å². The maximum Gasteiger partial charge on any atom is 0.291 e. The number of hydrogen-bond donors (Lipinski definition) is 0. The lowest BCUT2D eigenvalue weighted by atomic mass is 9.90. The number of fused-ring (bicyclic) bond motifs is 3. The fraction of sp³-hybridized carbons (Fsp3) is 0.571. The monoisotopic (exact) mass is 416 g/mol. The van der Waals surface area contributed by atoms with Crippen molar-refractivity contribution in [3.8, 4) is 0 Å². The first kappa shape index (κ1) is 20.1. The summed E-state index contributed by atoms with van der Waals surface area (Å²) >= 11 is 1.62. The van der Waals surface area contributed by atoms with Crippen LogP contribution in [-0.4, -0.2) is 63.8 Å². The molecule has 1 saturated heterocycles. The number of amides is 2. The summed E-state index contributed by atoms with van der Waals surface area (Å²) in [4.78, 5) is 28.1. The van der Waals surface area contributed by atoms with Crippen LogP contribution in [0.25, 0.3) is 10.2 Å². The minimum absolute atomic E-state index is 0.0137. The Morgan fingerprint density at radius 1 is 1.28 bits per heavy atom. The summed E-state index contributed by atoms with van der Waals surface area (Å²) in [6.07, 6.45) is -0.0274. The Labute approximate surface area is 174 Å². The molecule has 2 atom stereocenters. The summed E-state index contributed by atoms with van der Waals surface area (Å²) in [5, 5.41) is 8.07. The minimum Gasteiger partial charge on any atom is -0.372 e. The average molecular weight is 417 g/mol. The van der Waals surface area contributed by atoms with E-state index in [0.717, 1.165) is 15.9 Å². The van der Waals surface area contributed by atoms with E-state index in [4.69, 9.17) is 4.74 Å². The van der Waals surface area contributed by atoms with E-state index in [0.29, 0.717) is 25.3 Å². The van der Waals surface area contributed by atoms with Gasteiger partial charge in [-0.05, 0) is 31.4 Å². The lowest BCUT2D eigenvalue weighted by molar-refractivity contribution is -0.143. The number of nitrogens with zero attached hydrogens (tertiary/aromatic N) is 4. The predicted octanol–water partition coefficient (Wildman–Crippen LogP) is 3.20. The molecule has 2 aromatic heterocycles. The molecule has 2 amide bonds. The van der Waals surface area contributed by atoms with Crippen LogP contribution in [0.15, 0.2) is 22.6 Å². The second kappa shape index (κ2) is 7.25. The topological polar surface area (TPSA) is 67.1 Å². The third kappa shape index (κ3) is 3.83. The molecular weight excluding hydrogens is 388 g/mol. The van der Waals surface area contributed by atoms with Gasteiger partial charge in [0.1, 0.15) is 12.2 Å². The van der Waals surface area contributed by atoms with Crippen LogP contribution in [0.4, 0.5) is 0 Å². The molecule has 8 heteroatoms. The summed E-state index contributed by atoms with van der Waals surface area (Å²) in [6.45, 7) is 11.7. The van der Waals surface area contributed by atoms with Crippen LogP contribution in [-0.2, 0) is 16.1 Å². The van der Waals surface area contributed by atoms with Crippen molar-refractivity contribution in [1.82, 2.24) is 14.5 Å². The standard InChI is InChI=1S/C21H28N4O3S/c1-13-9-23(10-14(2)28-13)19(26)12-25-20(27)16-8-17-15(6-7-29-17)24(16)11-18(22-25)21(3,4)5/h6-8,13-14H,9-12H2,1-5H3/t13-,14-/m1/s1. The number of hydrogen-bond acceptors (Lipinski definition) is 5. The molecule has 0 radical (unpaired) electrons.